The van der Waals surface area contributed by atoms with Crippen molar-refractivity contribution in [3.8, 4) is 0 Å². The van der Waals surface area contributed by atoms with Crippen molar-refractivity contribution in [2.45, 2.75) is 13.3 Å². The average molecular weight is 121 g/mol. The Morgan fingerprint density at radius 2 is 2.29 bits per heavy atom. The predicted molar refractivity (Wildman–Crippen MR) is 32.4 cm³/mol. The zero-order valence-electron chi connectivity index (χ0n) is 4.73. The minimum Gasteiger partial charge on any atom is -0.598 e. The fraction of sp³-hybridized carbons (Fsp3) is 1.00. The summed E-state index contributed by atoms with van der Waals surface area (Å²) in [4.78, 5) is 0. The molecule has 0 aliphatic heterocycles. The standard InChI is InChI=1S/C4H11NOS/c1-3-4-5-7(2)6/h5H,3-4H2,1-2H3. The van der Waals surface area contributed by atoms with Gasteiger partial charge in [-0.3, -0.25) is 0 Å². The van der Waals surface area contributed by atoms with Crippen LogP contribution in [0.4, 0.5) is 0 Å². The van der Waals surface area contributed by atoms with Crippen molar-refractivity contribution in [3.05, 3.63) is 0 Å². The van der Waals surface area contributed by atoms with Crippen LogP contribution in [0.3, 0.4) is 0 Å². The number of rotatable bonds is 3. The van der Waals surface area contributed by atoms with Gasteiger partial charge in [0.05, 0.1) is 0 Å². The maximum atomic E-state index is 10.2. The molecule has 1 atom stereocenters. The van der Waals surface area contributed by atoms with Gasteiger partial charge in [-0.2, -0.15) is 0 Å². The smallest absolute Gasteiger partial charge is 0.115 e. The third-order valence-corrected chi connectivity index (χ3v) is 1.17. The van der Waals surface area contributed by atoms with Crippen molar-refractivity contribution in [1.29, 1.82) is 0 Å². The summed E-state index contributed by atoms with van der Waals surface area (Å²) in [5, 5.41) is 0. The monoisotopic (exact) mass is 121 g/mol. The summed E-state index contributed by atoms with van der Waals surface area (Å²) in [6.07, 6.45) is 2.68. The molecule has 0 amide bonds. The van der Waals surface area contributed by atoms with E-state index in [0.29, 0.717) is 0 Å². The second-order valence-electron chi connectivity index (χ2n) is 1.35. The summed E-state index contributed by atoms with van der Waals surface area (Å²) in [7, 11) is 0. The van der Waals surface area contributed by atoms with Crippen LogP contribution in [0.1, 0.15) is 13.3 Å². The summed E-state index contributed by atoms with van der Waals surface area (Å²) < 4.78 is 13.0. The molecule has 1 unspecified atom stereocenters. The van der Waals surface area contributed by atoms with Crippen molar-refractivity contribution in [3.63, 3.8) is 0 Å². The summed E-state index contributed by atoms with van der Waals surface area (Å²) >= 11 is -0.815. The Bertz CT molecular complexity index is 40.7. The minimum absolute atomic E-state index is 0.815. The molecule has 3 heteroatoms. The van der Waals surface area contributed by atoms with Gasteiger partial charge in [0.1, 0.15) is 6.26 Å². The molecule has 0 heterocycles. The SMILES string of the molecule is CCCN[S+](C)[O-]. The fourth-order valence-corrected chi connectivity index (χ4v) is 0.737. The van der Waals surface area contributed by atoms with E-state index in [1.54, 1.807) is 6.26 Å². The molecule has 2 nitrogen and oxygen atoms in total. The summed E-state index contributed by atoms with van der Waals surface area (Å²) in [5.41, 5.74) is 0. The van der Waals surface area contributed by atoms with Crippen LogP contribution in [0.25, 0.3) is 0 Å². The van der Waals surface area contributed by atoms with Gasteiger partial charge in [-0.15, -0.1) is 4.72 Å². The summed E-state index contributed by atoms with van der Waals surface area (Å²) in [5.74, 6) is 0. The molecule has 1 N–H and O–H groups in total. The zero-order valence-corrected chi connectivity index (χ0v) is 5.55. The first-order valence-electron chi connectivity index (χ1n) is 2.34. The van der Waals surface area contributed by atoms with Crippen LogP contribution in [-0.2, 0) is 11.4 Å². The lowest BCUT2D eigenvalue weighted by Gasteiger charge is -2.01. The zero-order chi connectivity index (χ0) is 5.70. The van der Waals surface area contributed by atoms with E-state index >= 15 is 0 Å². The molecule has 0 saturated carbocycles. The average Bonchev–Trinajstić information content (AvgIpc) is 1.61. The maximum absolute atomic E-state index is 10.2. The highest BCUT2D eigenvalue weighted by Crippen LogP contribution is 1.74. The molecule has 0 fully saturated rings. The van der Waals surface area contributed by atoms with E-state index in [2.05, 4.69) is 4.72 Å². The lowest BCUT2D eigenvalue weighted by molar-refractivity contribution is 0.586. The Morgan fingerprint density at radius 1 is 1.71 bits per heavy atom. The van der Waals surface area contributed by atoms with Crippen LogP contribution in [0.5, 0.6) is 0 Å². The number of hydrogen-bond donors (Lipinski definition) is 1. The molecule has 0 saturated heterocycles. The highest BCUT2D eigenvalue weighted by Gasteiger charge is 1.89. The quantitative estimate of drug-likeness (QED) is 0.544. The Hall–Kier alpha value is 0.270. The maximum Gasteiger partial charge on any atom is 0.115 e. The largest absolute Gasteiger partial charge is 0.598 e. The van der Waals surface area contributed by atoms with Gasteiger partial charge in [0.25, 0.3) is 0 Å². The molecule has 44 valence electrons. The molecule has 7 heavy (non-hydrogen) atoms. The van der Waals surface area contributed by atoms with Crippen molar-refractivity contribution in [1.82, 2.24) is 4.72 Å². The first-order valence-corrected chi connectivity index (χ1v) is 3.90. The first kappa shape index (κ1) is 7.27. The predicted octanol–water partition coefficient (Wildman–Crippen LogP) is 0.280. The Balaban J connectivity index is 2.68. The highest BCUT2D eigenvalue weighted by molar-refractivity contribution is 7.88. The van der Waals surface area contributed by atoms with Gasteiger partial charge in [0.2, 0.25) is 0 Å². The van der Waals surface area contributed by atoms with Crippen molar-refractivity contribution in [2.75, 3.05) is 12.8 Å². The summed E-state index contributed by atoms with van der Waals surface area (Å²) in [6.45, 7) is 2.89. The van der Waals surface area contributed by atoms with E-state index in [4.69, 9.17) is 0 Å². The molecule has 0 spiro atoms. The Kier molecular flexibility index (Phi) is 4.60. The highest BCUT2D eigenvalue weighted by atomic mass is 32.2. The lowest BCUT2D eigenvalue weighted by atomic mass is 10.5. The Labute approximate surface area is 47.6 Å². The van der Waals surface area contributed by atoms with Gasteiger partial charge in [-0.05, 0) is 6.42 Å². The van der Waals surface area contributed by atoms with Gasteiger partial charge in [0, 0.05) is 17.9 Å². The van der Waals surface area contributed by atoms with E-state index < -0.39 is 11.4 Å². The van der Waals surface area contributed by atoms with Crippen molar-refractivity contribution >= 4 is 11.4 Å². The summed E-state index contributed by atoms with van der Waals surface area (Å²) in [6, 6.07) is 0. The van der Waals surface area contributed by atoms with E-state index in [1.165, 1.54) is 0 Å². The molecule has 0 aliphatic carbocycles. The molecule has 0 aliphatic rings. The van der Waals surface area contributed by atoms with Crippen LogP contribution in [0.15, 0.2) is 0 Å². The molecule has 0 radical (unpaired) electrons. The van der Waals surface area contributed by atoms with E-state index in [0.717, 1.165) is 13.0 Å². The minimum atomic E-state index is -0.815. The van der Waals surface area contributed by atoms with E-state index in [1.807, 2.05) is 6.92 Å². The van der Waals surface area contributed by atoms with Crippen LogP contribution < -0.4 is 4.72 Å². The number of hydrogen-bond acceptors (Lipinski definition) is 2. The van der Waals surface area contributed by atoms with Gasteiger partial charge in [-0.25, -0.2) is 0 Å². The molecular formula is C4H11NOS. The molecule has 0 aromatic carbocycles. The van der Waals surface area contributed by atoms with Gasteiger partial charge >= 0.3 is 0 Å². The topological polar surface area (TPSA) is 35.1 Å². The third kappa shape index (κ3) is 6.27. The van der Waals surface area contributed by atoms with E-state index in [-0.39, 0.29) is 0 Å². The van der Waals surface area contributed by atoms with Gasteiger partial charge in [-0.1, -0.05) is 6.92 Å². The van der Waals surface area contributed by atoms with Crippen molar-refractivity contribution < 1.29 is 4.55 Å². The van der Waals surface area contributed by atoms with E-state index in [9.17, 15) is 4.55 Å². The lowest BCUT2D eigenvalue weighted by Crippen LogP contribution is -2.22. The second-order valence-corrected chi connectivity index (χ2v) is 2.55. The second kappa shape index (κ2) is 4.43. The van der Waals surface area contributed by atoms with Crippen molar-refractivity contribution in [2.24, 2.45) is 0 Å². The molecule has 0 aromatic rings. The van der Waals surface area contributed by atoms with Crippen LogP contribution in [0.2, 0.25) is 0 Å². The fourth-order valence-electron chi connectivity index (χ4n) is 0.246. The van der Waals surface area contributed by atoms with Gasteiger partial charge in [0.15, 0.2) is 0 Å². The molecule has 0 rings (SSSR count). The number of nitrogens with one attached hydrogen (secondary N) is 1. The molecule has 0 aromatic heterocycles. The third-order valence-electron chi connectivity index (χ3n) is 0.555. The van der Waals surface area contributed by atoms with Gasteiger partial charge < -0.3 is 4.55 Å². The van der Waals surface area contributed by atoms with Crippen LogP contribution in [0, 0.1) is 0 Å². The van der Waals surface area contributed by atoms with Crippen LogP contribution in [-0.4, -0.2) is 17.4 Å². The Morgan fingerprint density at radius 3 is 2.43 bits per heavy atom. The first-order chi connectivity index (χ1) is 3.27. The van der Waals surface area contributed by atoms with Crippen LogP contribution >= 0.6 is 0 Å². The normalized spacial score (nSPS) is 14.1. The molecule has 0 bridgehead atoms. The molecular weight excluding hydrogens is 110 g/mol.